The Morgan fingerprint density at radius 2 is 1.95 bits per heavy atom. The molecule has 11 heteroatoms. The fraction of sp³-hybridized carbons (Fsp3) is 0.300. The van der Waals surface area contributed by atoms with Crippen LogP contribution in [0.5, 0.6) is 0 Å². The Labute approximate surface area is 119 Å². The van der Waals surface area contributed by atoms with Gasteiger partial charge in [-0.1, -0.05) is 0 Å². The van der Waals surface area contributed by atoms with Crippen molar-refractivity contribution in [3.63, 3.8) is 0 Å². The molecule has 10 nitrogen and oxygen atoms in total. The lowest BCUT2D eigenvalue weighted by molar-refractivity contribution is -0.145. The van der Waals surface area contributed by atoms with E-state index < -0.39 is 40.3 Å². The number of carboxylic acids is 2. The maximum Gasteiger partial charge on any atom is 0.326 e. The molecule has 116 valence electrons. The van der Waals surface area contributed by atoms with Gasteiger partial charge in [0.25, 0.3) is 5.91 Å². The van der Waals surface area contributed by atoms with E-state index in [2.05, 4.69) is 0 Å². The molecule has 1 aromatic rings. The minimum Gasteiger partial charge on any atom is -0.481 e. The Hall–Kier alpha value is -2.40. The summed E-state index contributed by atoms with van der Waals surface area (Å²) in [6.07, 6.45) is 0.269. The number of rotatable bonds is 6. The maximum atomic E-state index is 11.9. The molecule has 0 aliphatic carbocycles. The van der Waals surface area contributed by atoms with Crippen molar-refractivity contribution in [2.45, 2.75) is 17.4 Å². The Balaban J connectivity index is 3.01. The minimum atomic E-state index is -4.01. The van der Waals surface area contributed by atoms with Crippen molar-refractivity contribution < 1.29 is 33.0 Å². The summed E-state index contributed by atoms with van der Waals surface area (Å²) in [4.78, 5) is 32.9. The number of aliphatic carboxylic acids is 2. The van der Waals surface area contributed by atoms with Crippen molar-refractivity contribution in [1.82, 2.24) is 9.88 Å². The largest absolute Gasteiger partial charge is 0.481 e. The molecule has 21 heavy (non-hydrogen) atoms. The highest BCUT2D eigenvalue weighted by atomic mass is 32.2. The highest BCUT2D eigenvalue weighted by molar-refractivity contribution is 7.89. The second-order valence-electron chi connectivity index (χ2n) is 4.18. The minimum absolute atomic E-state index is 0.171. The van der Waals surface area contributed by atoms with Gasteiger partial charge in [-0.25, -0.2) is 18.4 Å². The van der Waals surface area contributed by atoms with Crippen molar-refractivity contribution in [3.05, 3.63) is 18.0 Å². The van der Waals surface area contributed by atoms with Crippen LogP contribution >= 0.6 is 0 Å². The van der Waals surface area contributed by atoms with Gasteiger partial charge in [-0.05, 0) is 6.07 Å². The fourth-order valence-electron chi connectivity index (χ4n) is 1.52. The van der Waals surface area contributed by atoms with Crippen LogP contribution in [0.2, 0.25) is 0 Å². The second kappa shape index (κ2) is 5.93. The van der Waals surface area contributed by atoms with E-state index in [4.69, 9.17) is 15.4 Å². The Kier molecular flexibility index (Phi) is 4.70. The van der Waals surface area contributed by atoms with E-state index in [9.17, 15) is 22.8 Å². The number of nitrogens with two attached hydrogens (primary N) is 1. The van der Waals surface area contributed by atoms with Gasteiger partial charge in [-0.3, -0.25) is 9.59 Å². The summed E-state index contributed by atoms with van der Waals surface area (Å²) >= 11 is 0. The van der Waals surface area contributed by atoms with E-state index in [1.54, 1.807) is 0 Å². The molecule has 1 heterocycles. The normalized spacial score (nSPS) is 12.7. The van der Waals surface area contributed by atoms with Gasteiger partial charge in [-0.15, -0.1) is 0 Å². The van der Waals surface area contributed by atoms with Crippen molar-refractivity contribution >= 4 is 27.9 Å². The predicted octanol–water partition coefficient (Wildman–Crippen LogP) is -1.67. The van der Waals surface area contributed by atoms with Crippen LogP contribution in [0.15, 0.2) is 17.2 Å². The van der Waals surface area contributed by atoms with E-state index in [-0.39, 0.29) is 10.6 Å². The summed E-state index contributed by atoms with van der Waals surface area (Å²) < 4.78 is 23.4. The number of carbonyl (C=O) groups excluding carboxylic acids is 1. The SMILES string of the molecule is Cn1cc(S(N)(=O)=O)cc1C(=O)N[C@@H](CC(=O)O)C(=O)O. The van der Waals surface area contributed by atoms with Crippen molar-refractivity contribution in [2.75, 3.05) is 0 Å². The van der Waals surface area contributed by atoms with Gasteiger partial charge in [0.15, 0.2) is 0 Å². The summed E-state index contributed by atoms with van der Waals surface area (Å²) in [6.45, 7) is 0. The van der Waals surface area contributed by atoms with Crippen LogP contribution in [-0.4, -0.2) is 47.1 Å². The summed E-state index contributed by atoms with van der Waals surface area (Å²) in [6, 6.07) is -0.674. The molecule has 0 aliphatic rings. The van der Waals surface area contributed by atoms with Crippen molar-refractivity contribution in [1.29, 1.82) is 0 Å². The smallest absolute Gasteiger partial charge is 0.326 e. The van der Waals surface area contributed by atoms with Crippen LogP contribution in [0.1, 0.15) is 16.9 Å². The molecular formula is C10H13N3O7S. The third-order valence-electron chi connectivity index (χ3n) is 2.52. The zero-order valence-corrected chi connectivity index (χ0v) is 11.6. The van der Waals surface area contributed by atoms with Crippen LogP contribution < -0.4 is 10.5 Å². The lowest BCUT2D eigenvalue weighted by Crippen LogP contribution is -2.42. The van der Waals surface area contributed by atoms with Crippen LogP contribution in [0, 0.1) is 0 Å². The van der Waals surface area contributed by atoms with E-state index in [1.165, 1.54) is 7.05 Å². The number of aromatic nitrogens is 1. The fourth-order valence-corrected chi connectivity index (χ4v) is 2.10. The topological polar surface area (TPSA) is 169 Å². The second-order valence-corrected chi connectivity index (χ2v) is 5.74. The number of carboxylic acid groups (broad SMARTS) is 2. The van der Waals surface area contributed by atoms with Crippen LogP contribution in [0.3, 0.4) is 0 Å². The molecule has 0 radical (unpaired) electrons. The summed E-state index contributed by atoms with van der Waals surface area (Å²) in [5.74, 6) is -3.85. The van der Waals surface area contributed by atoms with E-state index in [0.29, 0.717) is 0 Å². The molecule has 0 aromatic carbocycles. The molecule has 0 aliphatic heterocycles. The molecule has 5 N–H and O–H groups in total. The monoisotopic (exact) mass is 319 g/mol. The van der Waals surface area contributed by atoms with Gasteiger partial charge < -0.3 is 20.1 Å². The first-order valence-electron chi connectivity index (χ1n) is 5.47. The molecule has 0 bridgehead atoms. The van der Waals surface area contributed by atoms with Gasteiger partial charge in [0.2, 0.25) is 10.0 Å². The number of sulfonamides is 1. The third kappa shape index (κ3) is 4.29. The van der Waals surface area contributed by atoms with E-state index in [1.807, 2.05) is 5.32 Å². The lowest BCUT2D eigenvalue weighted by atomic mass is 10.2. The number of carbonyl (C=O) groups is 3. The number of hydrogen-bond donors (Lipinski definition) is 4. The number of primary sulfonamides is 1. The van der Waals surface area contributed by atoms with Crippen molar-refractivity contribution in [2.24, 2.45) is 12.2 Å². The number of nitrogens with zero attached hydrogens (tertiary/aromatic N) is 1. The highest BCUT2D eigenvalue weighted by Gasteiger charge is 2.25. The molecule has 0 saturated heterocycles. The molecule has 0 unspecified atom stereocenters. The Bertz CT molecular complexity index is 692. The number of hydrogen-bond acceptors (Lipinski definition) is 5. The van der Waals surface area contributed by atoms with Gasteiger partial charge in [0.1, 0.15) is 16.6 Å². The van der Waals surface area contributed by atoms with E-state index >= 15 is 0 Å². The van der Waals surface area contributed by atoms with Gasteiger partial charge in [0, 0.05) is 13.2 Å². The molecular weight excluding hydrogens is 306 g/mol. The standard InChI is InChI=1S/C10H13N3O7S/c1-13-4-5(21(11,19)20)2-7(13)9(16)12-6(10(17)18)3-8(14)15/h2,4,6H,3H2,1H3,(H,12,16)(H,14,15)(H,17,18)(H2,11,19,20)/t6-/m0/s1. The third-order valence-corrected chi connectivity index (χ3v) is 3.40. The molecule has 0 spiro atoms. The Morgan fingerprint density at radius 3 is 2.33 bits per heavy atom. The molecule has 1 amide bonds. The lowest BCUT2D eigenvalue weighted by Gasteiger charge is -2.12. The first-order chi connectivity index (χ1) is 9.52. The van der Waals surface area contributed by atoms with E-state index in [0.717, 1.165) is 16.8 Å². The molecule has 0 saturated carbocycles. The molecule has 0 fully saturated rings. The zero-order chi connectivity index (χ0) is 16.4. The number of amides is 1. The summed E-state index contributed by atoms with van der Waals surface area (Å²) in [5.41, 5.74) is -0.171. The number of nitrogens with one attached hydrogen (secondary N) is 1. The zero-order valence-electron chi connectivity index (χ0n) is 10.8. The Morgan fingerprint density at radius 1 is 1.38 bits per heavy atom. The predicted molar refractivity (Wildman–Crippen MR) is 67.9 cm³/mol. The van der Waals surface area contributed by atoms with Crippen LogP contribution in [-0.2, 0) is 26.7 Å². The average molecular weight is 319 g/mol. The van der Waals surface area contributed by atoms with Gasteiger partial charge in [-0.2, -0.15) is 0 Å². The molecule has 1 rings (SSSR count). The average Bonchev–Trinajstić information content (AvgIpc) is 2.69. The van der Waals surface area contributed by atoms with Crippen molar-refractivity contribution in [3.8, 4) is 0 Å². The quantitative estimate of drug-likeness (QED) is 0.485. The maximum absolute atomic E-state index is 11.9. The molecule has 1 atom stereocenters. The molecule has 1 aromatic heterocycles. The van der Waals surface area contributed by atoms with Crippen LogP contribution in [0.25, 0.3) is 0 Å². The summed E-state index contributed by atoms with van der Waals surface area (Å²) in [5, 5.41) is 24.3. The van der Waals surface area contributed by atoms with Gasteiger partial charge in [0.05, 0.1) is 6.42 Å². The first-order valence-corrected chi connectivity index (χ1v) is 7.01. The highest BCUT2D eigenvalue weighted by Crippen LogP contribution is 2.12. The summed E-state index contributed by atoms with van der Waals surface area (Å²) in [7, 11) is -2.66. The van der Waals surface area contributed by atoms with Crippen LogP contribution in [0.4, 0.5) is 0 Å². The van der Waals surface area contributed by atoms with Gasteiger partial charge >= 0.3 is 11.9 Å². The number of aryl methyl sites for hydroxylation is 1. The first kappa shape index (κ1) is 16.7.